The lowest BCUT2D eigenvalue weighted by Crippen LogP contribution is -2.14. The monoisotopic (exact) mass is 401 g/mol. The Bertz CT molecular complexity index is 1110. The first-order valence-electron chi connectivity index (χ1n) is 8.82. The third kappa shape index (κ3) is 3.75. The molecule has 0 spiro atoms. The van der Waals surface area contributed by atoms with Gasteiger partial charge in [0.2, 0.25) is 0 Å². The van der Waals surface area contributed by atoms with Crippen molar-refractivity contribution in [2.75, 3.05) is 11.1 Å². The molecule has 5 nitrogen and oxygen atoms in total. The number of halogens is 1. The third-order valence-electron chi connectivity index (χ3n) is 4.44. The smallest absolute Gasteiger partial charge is 0.337 e. The van der Waals surface area contributed by atoms with E-state index in [-0.39, 0.29) is 16.4 Å². The number of nitrogens with one attached hydrogen (secondary N) is 1. The second-order valence-corrected chi connectivity index (χ2v) is 7.60. The van der Waals surface area contributed by atoms with E-state index < -0.39 is 17.8 Å². The van der Waals surface area contributed by atoms with Gasteiger partial charge in [-0.3, -0.25) is 4.79 Å². The number of benzene rings is 2. The van der Waals surface area contributed by atoms with Gasteiger partial charge in [0.15, 0.2) is 10.5 Å². The van der Waals surface area contributed by atoms with Crippen molar-refractivity contribution in [1.82, 2.24) is 0 Å². The zero-order valence-electron chi connectivity index (χ0n) is 15.7. The highest BCUT2D eigenvalue weighted by atomic mass is 32.2. The lowest BCUT2D eigenvalue weighted by molar-refractivity contribution is 0.0698. The van der Waals surface area contributed by atoms with Gasteiger partial charge >= 0.3 is 5.97 Å². The summed E-state index contributed by atoms with van der Waals surface area (Å²) in [5.41, 5.74) is 1.45. The number of thioether (sulfide) groups is 1. The van der Waals surface area contributed by atoms with Crippen molar-refractivity contribution in [1.29, 1.82) is 0 Å². The fourth-order valence-electron chi connectivity index (χ4n) is 3.06. The first-order chi connectivity index (χ1) is 13.3. The van der Waals surface area contributed by atoms with Gasteiger partial charge in [0.25, 0.3) is 0 Å². The predicted molar refractivity (Wildman–Crippen MR) is 109 cm³/mol. The fraction of sp³-hybridized carbons (Fsp3) is 0.238. The van der Waals surface area contributed by atoms with E-state index in [0.29, 0.717) is 27.5 Å². The van der Waals surface area contributed by atoms with Crippen LogP contribution in [0.1, 0.15) is 41.4 Å². The maximum Gasteiger partial charge on any atom is 0.337 e. The Hall–Kier alpha value is -2.80. The number of carboxylic acids is 1. The number of aromatic carboxylic acids is 1. The molecule has 0 fully saturated rings. The number of hydrogen-bond acceptors (Lipinski definition) is 5. The first-order valence-corrected chi connectivity index (χ1v) is 9.80. The molecule has 3 aromatic rings. The van der Waals surface area contributed by atoms with E-state index in [9.17, 15) is 19.1 Å². The quantitative estimate of drug-likeness (QED) is 0.551. The fourth-order valence-corrected chi connectivity index (χ4v) is 3.77. The van der Waals surface area contributed by atoms with Crippen LogP contribution in [0.4, 0.5) is 10.1 Å². The van der Waals surface area contributed by atoms with Crippen molar-refractivity contribution < 1.29 is 18.7 Å². The van der Waals surface area contributed by atoms with Crippen LogP contribution in [0.3, 0.4) is 0 Å². The van der Waals surface area contributed by atoms with E-state index in [0.717, 1.165) is 5.75 Å². The molecular weight excluding hydrogens is 381 g/mol. The molecule has 3 rings (SSSR count). The number of hydrogen-bond donors (Lipinski definition) is 2. The first kappa shape index (κ1) is 19.9. The summed E-state index contributed by atoms with van der Waals surface area (Å²) in [6.45, 7) is 5.38. The molecule has 0 amide bonds. The Morgan fingerprint density at radius 2 is 2.04 bits per heavy atom. The Morgan fingerprint density at radius 1 is 1.32 bits per heavy atom. The van der Waals surface area contributed by atoms with Crippen molar-refractivity contribution in [2.24, 2.45) is 0 Å². The van der Waals surface area contributed by atoms with Gasteiger partial charge in [-0.25, -0.2) is 9.18 Å². The van der Waals surface area contributed by atoms with E-state index in [1.165, 1.54) is 30.0 Å². The van der Waals surface area contributed by atoms with Gasteiger partial charge in [0.1, 0.15) is 11.4 Å². The van der Waals surface area contributed by atoms with Crippen molar-refractivity contribution in [3.63, 3.8) is 0 Å². The average Bonchev–Trinajstić information content (AvgIpc) is 2.66. The molecule has 0 unspecified atom stereocenters. The predicted octanol–water partition coefficient (Wildman–Crippen LogP) is 5.22. The molecule has 0 bridgehead atoms. The second kappa shape index (κ2) is 8.06. The lowest BCUT2D eigenvalue weighted by Gasteiger charge is -2.19. The van der Waals surface area contributed by atoms with Gasteiger partial charge in [-0.15, -0.1) is 0 Å². The van der Waals surface area contributed by atoms with E-state index in [1.807, 2.05) is 6.92 Å². The molecule has 7 heteroatoms. The van der Waals surface area contributed by atoms with E-state index in [4.69, 9.17) is 4.42 Å². The minimum atomic E-state index is -1.07. The summed E-state index contributed by atoms with van der Waals surface area (Å²) < 4.78 is 20.2. The number of anilines is 1. The highest BCUT2D eigenvalue weighted by Gasteiger charge is 2.20. The van der Waals surface area contributed by atoms with Gasteiger partial charge < -0.3 is 14.8 Å². The molecule has 0 saturated heterocycles. The minimum absolute atomic E-state index is 0.106. The Morgan fingerprint density at radius 3 is 2.71 bits per heavy atom. The number of fused-ring (bicyclic) bond motifs is 1. The van der Waals surface area contributed by atoms with Gasteiger partial charge in [-0.2, -0.15) is 0 Å². The van der Waals surface area contributed by atoms with Crippen LogP contribution < -0.4 is 10.7 Å². The molecule has 2 aromatic carbocycles. The maximum absolute atomic E-state index is 14.3. The Kier molecular flexibility index (Phi) is 5.74. The van der Waals surface area contributed by atoms with Crippen LogP contribution in [0, 0.1) is 12.7 Å². The number of carbonyl (C=O) groups is 1. The Labute approximate surface area is 165 Å². The third-order valence-corrected chi connectivity index (χ3v) is 5.38. The van der Waals surface area contributed by atoms with Gasteiger partial charge in [0, 0.05) is 16.8 Å². The van der Waals surface area contributed by atoms with Gasteiger partial charge in [-0.05, 0) is 43.9 Å². The molecule has 1 heterocycles. The van der Waals surface area contributed by atoms with Gasteiger partial charge in [-0.1, -0.05) is 30.8 Å². The molecule has 2 N–H and O–H groups in total. The van der Waals surface area contributed by atoms with Crippen molar-refractivity contribution in [3.8, 4) is 0 Å². The van der Waals surface area contributed by atoms with Gasteiger partial charge in [0.05, 0.1) is 17.0 Å². The van der Waals surface area contributed by atoms with Crippen molar-refractivity contribution in [3.05, 3.63) is 69.1 Å². The van der Waals surface area contributed by atoms with E-state index in [2.05, 4.69) is 5.32 Å². The van der Waals surface area contributed by atoms with Crippen LogP contribution in [-0.2, 0) is 0 Å². The van der Waals surface area contributed by atoms with E-state index >= 15 is 0 Å². The SMILES string of the molecule is CCSc1oc2c([C@@H](C)Nc3ccccc3C(=O)O)cc(F)cc2c(=O)c1C. The normalized spacial score (nSPS) is 12.1. The summed E-state index contributed by atoms with van der Waals surface area (Å²) in [5.74, 6) is -0.889. The lowest BCUT2D eigenvalue weighted by atomic mass is 10.0. The zero-order chi connectivity index (χ0) is 20.4. The van der Waals surface area contributed by atoms with Crippen molar-refractivity contribution in [2.45, 2.75) is 31.9 Å². The summed E-state index contributed by atoms with van der Waals surface area (Å²) in [5, 5.41) is 13.1. The van der Waals surface area contributed by atoms with Crippen LogP contribution in [0.5, 0.6) is 0 Å². The summed E-state index contributed by atoms with van der Waals surface area (Å²) in [4.78, 5) is 24.2. The highest BCUT2D eigenvalue weighted by Crippen LogP contribution is 2.32. The Balaban J connectivity index is 2.14. The molecular formula is C21H20FNO4S. The summed E-state index contributed by atoms with van der Waals surface area (Å²) in [6.07, 6.45) is 0. The minimum Gasteiger partial charge on any atom is -0.478 e. The zero-order valence-corrected chi connectivity index (χ0v) is 16.5. The summed E-state index contributed by atoms with van der Waals surface area (Å²) in [7, 11) is 0. The maximum atomic E-state index is 14.3. The van der Waals surface area contributed by atoms with Crippen LogP contribution in [0.25, 0.3) is 11.0 Å². The van der Waals surface area contributed by atoms with Crippen LogP contribution in [0.15, 0.2) is 50.7 Å². The second-order valence-electron chi connectivity index (χ2n) is 6.37. The molecule has 0 radical (unpaired) electrons. The molecule has 146 valence electrons. The van der Waals surface area contributed by atoms with Crippen molar-refractivity contribution >= 4 is 34.4 Å². The number of carboxylic acid groups (broad SMARTS) is 1. The molecule has 0 aliphatic rings. The molecule has 0 aliphatic heterocycles. The number of rotatable bonds is 6. The van der Waals surface area contributed by atoms with Crippen LogP contribution >= 0.6 is 11.8 Å². The topological polar surface area (TPSA) is 79.5 Å². The van der Waals surface area contributed by atoms with Crippen LogP contribution in [-0.4, -0.2) is 16.8 Å². The standard InChI is InChI=1S/C21H20FNO4S/c1-4-28-21-11(2)18(24)16-10-13(22)9-15(19(16)27-21)12(3)23-17-8-6-5-7-14(17)20(25)26/h5-10,12,23H,4H2,1-3H3,(H,25,26)/t12-/m1/s1. The molecule has 28 heavy (non-hydrogen) atoms. The molecule has 0 aliphatic carbocycles. The summed E-state index contributed by atoms with van der Waals surface area (Å²) >= 11 is 1.41. The molecule has 1 aromatic heterocycles. The van der Waals surface area contributed by atoms with E-state index in [1.54, 1.807) is 32.0 Å². The average molecular weight is 401 g/mol. The highest BCUT2D eigenvalue weighted by molar-refractivity contribution is 7.99. The molecule has 0 saturated carbocycles. The largest absolute Gasteiger partial charge is 0.478 e. The van der Waals surface area contributed by atoms with Crippen LogP contribution in [0.2, 0.25) is 0 Å². The number of para-hydroxylation sites is 1. The summed E-state index contributed by atoms with van der Waals surface area (Å²) in [6, 6.07) is 8.46. The molecule has 1 atom stereocenters.